The molecule has 0 unspecified atom stereocenters. The van der Waals surface area contributed by atoms with Crippen molar-refractivity contribution in [3.05, 3.63) is 23.3 Å². The van der Waals surface area contributed by atoms with E-state index in [1.165, 1.54) is 0 Å². The highest BCUT2D eigenvalue weighted by Crippen LogP contribution is 2.27. The third-order valence-electron chi connectivity index (χ3n) is 2.45. The van der Waals surface area contributed by atoms with Crippen molar-refractivity contribution in [3.8, 4) is 0 Å². The van der Waals surface area contributed by atoms with E-state index in [2.05, 4.69) is 10.6 Å². The lowest BCUT2D eigenvalue weighted by Crippen LogP contribution is -2.17. The molecule has 0 aromatic heterocycles. The molecule has 0 aliphatic heterocycles. The van der Waals surface area contributed by atoms with E-state index in [1.807, 2.05) is 6.92 Å². The highest BCUT2D eigenvalue weighted by Gasteiger charge is 2.11. The third-order valence-corrected chi connectivity index (χ3v) is 2.94. The topological polar surface area (TPSA) is 58.2 Å². The summed E-state index contributed by atoms with van der Waals surface area (Å²) in [4.78, 5) is 22.6. The van der Waals surface area contributed by atoms with Crippen LogP contribution in [0.5, 0.6) is 0 Å². The van der Waals surface area contributed by atoms with Crippen LogP contribution in [-0.4, -0.2) is 23.6 Å². The molecule has 2 amide bonds. The number of halogens is 2. The molecule has 0 aliphatic carbocycles. The highest BCUT2D eigenvalue weighted by molar-refractivity contribution is 6.29. The summed E-state index contributed by atoms with van der Waals surface area (Å²) in [6, 6.07) is 3.58. The van der Waals surface area contributed by atoms with Crippen LogP contribution < -0.4 is 10.6 Å². The Morgan fingerprint density at radius 2 is 1.61 bits per heavy atom. The molecule has 0 saturated heterocycles. The smallest absolute Gasteiger partial charge is 0.239 e. The summed E-state index contributed by atoms with van der Waals surface area (Å²) in [5.41, 5.74) is 2.95. The molecule has 0 heterocycles. The molecular weight excluding hydrogens is 275 g/mol. The van der Waals surface area contributed by atoms with Gasteiger partial charge in [-0.25, -0.2) is 0 Å². The standard InChI is InChI=1S/C12H14Cl2N2O2/c1-7-3-4-9(15-10(17)5-13)8(2)12(7)16-11(18)6-14/h3-4H,5-6H2,1-2H3,(H,15,17)(H,16,18). The second-order valence-corrected chi connectivity index (χ2v) is 4.33. The maximum Gasteiger partial charge on any atom is 0.239 e. The number of amides is 2. The van der Waals surface area contributed by atoms with Crippen molar-refractivity contribution in [2.45, 2.75) is 13.8 Å². The van der Waals surface area contributed by atoms with Gasteiger partial charge in [0.1, 0.15) is 11.8 Å². The molecule has 1 rings (SSSR count). The van der Waals surface area contributed by atoms with E-state index >= 15 is 0 Å². The van der Waals surface area contributed by atoms with Crippen LogP contribution in [0.3, 0.4) is 0 Å². The lowest BCUT2D eigenvalue weighted by Gasteiger charge is -2.15. The Morgan fingerprint density at radius 3 is 2.17 bits per heavy atom. The SMILES string of the molecule is Cc1ccc(NC(=O)CCl)c(C)c1NC(=O)CCl. The summed E-state index contributed by atoms with van der Waals surface area (Å²) in [5, 5.41) is 5.37. The van der Waals surface area contributed by atoms with Crippen molar-refractivity contribution in [1.82, 2.24) is 0 Å². The van der Waals surface area contributed by atoms with E-state index in [-0.39, 0.29) is 23.6 Å². The Morgan fingerprint density at radius 1 is 1.06 bits per heavy atom. The lowest BCUT2D eigenvalue weighted by molar-refractivity contribution is -0.114. The molecule has 2 N–H and O–H groups in total. The fraction of sp³-hybridized carbons (Fsp3) is 0.333. The Hall–Kier alpha value is -1.26. The summed E-state index contributed by atoms with van der Waals surface area (Å²) in [6.45, 7) is 3.67. The number of nitrogens with one attached hydrogen (secondary N) is 2. The van der Waals surface area contributed by atoms with Gasteiger partial charge in [-0.1, -0.05) is 6.07 Å². The van der Waals surface area contributed by atoms with Gasteiger partial charge in [0.25, 0.3) is 0 Å². The molecule has 1 aromatic rings. The number of aryl methyl sites for hydroxylation is 1. The maximum absolute atomic E-state index is 11.3. The molecule has 18 heavy (non-hydrogen) atoms. The Kier molecular flexibility index (Phi) is 5.44. The van der Waals surface area contributed by atoms with Crippen molar-refractivity contribution in [2.75, 3.05) is 22.4 Å². The van der Waals surface area contributed by atoms with E-state index < -0.39 is 0 Å². The van der Waals surface area contributed by atoms with E-state index in [0.717, 1.165) is 11.1 Å². The number of benzene rings is 1. The number of rotatable bonds is 4. The van der Waals surface area contributed by atoms with Gasteiger partial charge in [0, 0.05) is 11.4 Å². The van der Waals surface area contributed by atoms with Crippen molar-refractivity contribution < 1.29 is 9.59 Å². The summed E-state index contributed by atoms with van der Waals surface area (Å²) < 4.78 is 0. The highest BCUT2D eigenvalue weighted by atomic mass is 35.5. The van der Waals surface area contributed by atoms with Gasteiger partial charge in [-0.15, -0.1) is 23.2 Å². The average Bonchev–Trinajstić information content (AvgIpc) is 2.37. The van der Waals surface area contributed by atoms with Crippen LogP contribution >= 0.6 is 23.2 Å². The molecule has 0 radical (unpaired) electrons. The van der Waals surface area contributed by atoms with Crippen molar-refractivity contribution in [3.63, 3.8) is 0 Å². The van der Waals surface area contributed by atoms with E-state index in [4.69, 9.17) is 23.2 Å². The predicted octanol–water partition coefficient (Wildman–Crippen LogP) is 2.66. The van der Waals surface area contributed by atoms with Crippen LogP contribution in [0.25, 0.3) is 0 Å². The zero-order valence-electron chi connectivity index (χ0n) is 10.1. The first kappa shape index (κ1) is 14.8. The second-order valence-electron chi connectivity index (χ2n) is 3.79. The molecule has 0 saturated carbocycles. The molecule has 4 nitrogen and oxygen atoms in total. The first-order chi connectivity index (χ1) is 8.49. The molecule has 98 valence electrons. The quantitative estimate of drug-likeness (QED) is 0.837. The fourth-order valence-corrected chi connectivity index (χ4v) is 1.66. The van der Waals surface area contributed by atoms with Crippen molar-refractivity contribution in [1.29, 1.82) is 0 Å². The number of hydrogen-bond donors (Lipinski definition) is 2. The molecular formula is C12H14Cl2N2O2. The first-order valence-corrected chi connectivity index (χ1v) is 6.38. The van der Waals surface area contributed by atoms with Crippen LogP contribution in [0.1, 0.15) is 11.1 Å². The largest absolute Gasteiger partial charge is 0.325 e. The van der Waals surface area contributed by atoms with E-state index in [9.17, 15) is 9.59 Å². The summed E-state index contributed by atoms with van der Waals surface area (Å²) in [6.07, 6.45) is 0. The molecule has 0 aliphatic rings. The minimum Gasteiger partial charge on any atom is -0.325 e. The number of carbonyl (C=O) groups is 2. The summed E-state index contributed by atoms with van der Waals surface area (Å²) in [7, 11) is 0. The molecule has 1 aromatic carbocycles. The van der Waals surface area contributed by atoms with Gasteiger partial charge in [-0.05, 0) is 31.0 Å². The molecule has 6 heteroatoms. The summed E-state index contributed by atoms with van der Waals surface area (Å²) >= 11 is 10.9. The maximum atomic E-state index is 11.3. The van der Waals surface area contributed by atoms with E-state index in [1.54, 1.807) is 19.1 Å². The van der Waals surface area contributed by atoms with Gasteiger partial charge in [-0.2, -0.15) is 0 Å². The summed E-state index contributed by atoms with van der Waals surface area (Å²) in [5.74, 6) is -0.810. The monoisotopic (exact) mass is 288 g/mol. The minimum atomic E-state index is -0.293. The minimum absolute atomic E-state index is 0.114. The molecule has 0 spiro atoms. The molecule has 0 atom stereocenters. The first-order valence-electron chi connectivity index (χ1n) is 5.31. The van der Waals surface area contributed by atoms with Gasteiger partial charge >= 0.3 is 0 Å². The average molecular weight is 289 g/mol. The van der Waals surface area contributed by atoms with Crippen LogP contribution in [0.2, 0.25) is 0 Å². The number of anilines is 2. The normalized spacial score (nSPS) is 10.0. The van der Waals surface area contributed by atoms with Gasteiger partial charge < -0.3 is 10.6 Å². The van der Waals surface area contributed by atoms with Crippen LogP contribution in [-0.2, 0) is 9.59 Å². The third kappa shape index (κ3) is 3.62. The second kappa shape index (κ2) is 6.61. The molecule has 0 bridgehead atoms. The van der Waals surface area contributed by atoms with E-state index in [0.29, 0.717) is 11.4 Å². The Labute approximate surface area is 116 Å². The lowest BCUT2D eigenvalue weighted by atomic mass is 10.1. The van der Waals surface area contributed by atoms with Crippen LogP contribution in [0, 0.1) is 13.8 Å². The molecule has 0 fully saturated rings. The predicted molar refractivity (Wildman–Crippen MR) is 74.6 cm³/mol. The Balaban J connectivity index is 3.06. The number of hydrogen-bond acceptors (Lipinski definition) is 2. The Bertz CT molecular complexity index is 475. The van der Waals surface area contributed by atoms with Crippen molar-refractivity contribution in [2.24, 2.45) is 0 Å². The number of alkyl halides is 2. The zero-order valence-corrected chi connectivity index (χ0v) is 11.7. The number of carbonyl (C=O) groups excluding carboxylic acids is 2. The van der Waals surface area contributed by atoms with Crippen LogP contribution in [0.4, 0.5) is 11.4 Å². The van der Waals surface area contributed by atoms with Gasteiger partial charge in [0.2, 0.25) is 11.8 Å². The zero-order chi connectivity index (χ0) is 13.7. The van der Waals surface area contributed by atoms with Gasteiger partial charge in [-0.3, -0.25) is 9.59 Å². The van der Waals surface area contributed by atoms with Gasteiger partial charge in [0.15, 0.2) is 0 Å². The van der Waals surface area contributed by atoms with Crippen LogP contribution in [0.15, 0.2) is 12.1 Å². The van der Waals surface area contributed by atoms with Gasteiger partial charge in [0.05, 0.1) is 0 Å². The fourth-order valence-electron chi connectivity index (χ4n) is 1.53. The van der Waals surface area contributed by atoms with Crippen molar-refractivity contribution >= 4 is 46.4 Å².